The molecule has 1 unspecified atom stereocenters. The summed E-state index contributed by atoms with van der Waals surface area (Å²) in [6.45, 7) is 1.85. The van der Waals surface area contributed by atoms with E-state index < -0.39 is 5.82 Å². The Balaban J connectivity index is 1.90. The molecule has 4 heteroatoms. The molecule has 0 spiro atoms. The van der Waals surface area contributed by atoms with E-state index in [-0.39, 0.29) is 5.56 Å². The van der Waals surface area contributed by atoms with Crippen molar-refractivity contribution in [2.45, 2.75) is 25.3 Å². The Bertz CT molecular complexity index is 419. The Morgan fingerprint density at radius 1 is 1.53 bits per heavy atom. The molecule has 1 aromatic carbocycles. The number of benzene rings is 1. The molecule has 90 valence electrons. The molecule has 1 aliphatic rings. The van der Waals surface area contributed by atoms with Crippen molar-refractivity contribution in [3.8, 4) is 6.07 Å². The lowest BCUT2D eigenvalue weighted by atomic mass is 10.1. The van der Waals surface area contributed by atoms with Gasteiger partial charge in [-0.3, -0.25) is 0 Å². The van der Waals surface area contributed by atoms with E-state index in [0.717, 1.165) is 19.5 Å². The van der Waals surface area contributed by atoms with Gasteiger partial charge in [-0.1, -0.05) is 6.07 Å². The maximum absolute atomic E-state index is 13.3. The molecule has 1 atom stereocenters. The zero-order valence-corrected chi connectivity index (χ0v) is 9.67. The van der Waals surface area contributed by atoms with Crippen molar-refractivity contribution >= 4 is 5.69 Å². The van der Waals surface area contributed by atoms with Crippen LogP contribution >= 0.6 is 0 Å². The number of rotatable bonds is 4. The minimum Gasteiger partial charge on any atom is -0.384 e. The van der Waals surface area contributed by atoms with Gasteiger partial charge in [0.15, 0.2) is 0 Å². The predicted octanol–water partition coefficient (Wildman–Crippen LogP) is 2.25. The first-order valence-corrected chi connectivity index (χ1v) is 5.97. The second kappa shape index (κ2) is 5.65. The Morgan fingerprint density at radius 2 is 2.41 bits per heavy atom. The van der Waals surface area contributed by atoms with Gasteiger partial charge in [-0.15, -0.1) is 0 Å². The lowest BCUT2D eigenvalue weighted by Crippen LogP contribution is -2.24. The quantitative estimate of drug-likeness (QED) is 0.838. The molecule has 1 aromatic rings. The number of anilines is 1. The molecule has 1 saturated heterocycles. The number of halogens is 1. The summed E-state index contributed by atoms with van der Waals surface area (Å²) in [5.41, 5.74) is 0.692. The maximum Gasteiger partial charge on any atom is 0.143 e. The first-order chi connectivity index (χ1) is 8.31. The number of hydrogen-bond acceptors (Lipinski definition) is 3. The maximum atomic E-state index is 13.3. The van der Waals surface area contributed by atoms with Crippen molar-refractivity contribution in [1.29, 1.82) is 5.26 Å². The lowest BCUT2D eigenvalue weighted by molar-refractivity contribution is 0.574. The fourth-order valence-corrected chi connectivity index (χ4v) is 2.17. The van der Waals surface area contributed by atoms with Crippen molar-refractivity contribution in [3.63, 3.8) is 0 Å². The van der Waals surface area contributed by atoms with Gasteiger partial charge < -0.3 is 10.6 Å². The highest BCUT2D eigenvalue weighted by atomic mass is 19.1. The molecule has 0 aliphatic carbocycles. The van der Waals surface area contributed by atoms with Crippen LogP contribution in [0.4, 0.5) is 10.1 Å². The fraction of sp³-hybridized carbons (Fsp3) is 0.462. The van der Waals surface area contributed by atoms with Crippen LogP contribution in [0.3, 0.4) is 0 Å². The van der Waals surface area contributed by atoms with Crippen LogP contribution < -0.4 is 10.6 Å². The van der Waals surface area contributed by atoms with Crippen LogP contribution in [0.15, 0.2) is 18.2 Å². The van der Waals surface area contributed by atoms with Crippen LogP contribution in [0.1, 0.15) is 24.8 Å². The monoisotopic (exact) mass is 233 g/mol. The van der Waals surface area contributed by atoms with Crippen molar-refractivity contribution in [2.24, 2.45) is 0 Å². The summed E-state index contributed by atoms with van der Waals surface area (Å²) in [7, 11) is 0. The van der Waals surface area contributed by atoms with Gasteiger partial charge in [-0.25, -0.2) is 4.39 Å². The summed E-state index contributed by atoms with van der Waals surface area (Å²) < 4.78 is 13.3. The zero-order valence-electron chi connectivity index (χ0n) is 9.67. The average molecular weight is 233 g/mol. The Kier molecular flexibility index (Phi) is 3.94. The second-order valence-electron chi connectivity index (χ2n) is 4.28. The van der Waals surface area contributed by atoms with Gasteiger partial charge in [0.25, 0.3) is 0 Å². The molecule has 0 amide bonds. The molecule has 3 nitrogen and oxygen atoms in total. The molecule has 2 rings (SSSR count). The molecular weight excluding hydrogens is 217 g/mol. The summed E-state index contributed by atoms with van der Waals surface area (Å²) >= 11 is 0. The zero-order chi connectivity index (χ0) is 12.1. The minimum absolute atomic E-state index is 0.104. The third-order valence-electron chi connectivity index (χ3n) is 3.10. The number of nitrogens with one attached hydrogen (secondary N) is 2. The van der Waals surface area contributed by atoms with Gasteiger partial charge in [0.2, 0.25) is 0 Å². The van der Waals surface area contributed by atoms with Crippen molar-refractivity contribution in [2.75, 3.05) is 18.4 Å². The van der Waals surface area contributed by atoms with Crippen LogP contribution in [-0.2, 0) is 0 Å². The second-order valence-corrected chi connectivity index (χ2v) is 4.28. The first-order valence-electron chi connectivity index (χ1n) is 5.97. The van der Waals surface area contributed by atoms with Crippen molar-refractivity contribution < 1.29 is 4.39 Å². The summed E-state index contributed by atoms with van der Waals surface area (Å²) in [5.74, 6) is -0.462. The van der Waals surface area contributed by atoms with Crippen LogP contribution in [0.5, 0.6) is 0 Å². The SMILES string of the molecule is N#Cc1c(F)cccc1NCCC1CCCN1. The number of nitriles is 1. The standard InChI is InChI=1S/C13H16FN3/c14-12-4-1-5-13(11(12)9-15)17-8-6-10-3-2-7-16-10/h1,4-5,10,16-17H,2-3,6-8H2. The summed E-state index contributed by atoms with van der Waals surface area (Å²) in [5, 5.41) is 15.4. The highest BCUT2D eigenvalue weighted by Crippen LogP contribution is 2.18. The lowest BCUT2D eigenvalue weighted by Gasteiger charge is -2.12. The van der Waals surface area contributed by atoms with E-state index in [0.29, 0.717) is 11.7 Å². The van der Waals surface area contributed by atoms with E-state index in [4.69, 9.17) is 5.26 Å². The number of nitrogens with zero attached hydrogens (tertiary/aromatic N) is 1. The van der Waals surface area contributed by atoms with E-state index in [1.165, 1.54) is 18.9 Å². The van der Waals surface area contributed by atoms with Crippen LogP contribution in [-0.4, -0.2) is 19.1 Å². The molecule has 0 radical (unpaired) electrons. The van der Waals surface area contributed by atoms with Gasteiger partial charge >= 0.3 is 0 Å². The Hall–Kier alpha value is -1.60. The normalized spacial score (nSPS) is 18.9. The largest absolute Gasteiger partial charge is 0.384 e. The highest BCUT2D eigenvalue weighted by molar-refractivity contribution is 5.57. The summed E-state index contributed by atoms with van der Waals surface area (Å²) in [4.78, 5) is 0. The third-order valence-corrected chi connectivity index (χ3v) is 3.10. The van der Waals surface area contributed by atoms with Crippen LogP contribution in [0, 0.1) is 17.1 Å². The van der Waals surface area contributed by atoms with Crippen molar-refractivity contribution in [1.82, 2.24) is 5.32 Å². The van der Waals surface area contributed by atoms with E-state index in [1.54, 1.807) is 12.1 Å². The predicted molar refractivity (Wildman–Crippen MR) is 65.2 cm³/mol. The smallest absolute Gasteiger partial charge is 0.143 e. The number of hydrogen-bond donors (Lipinski definition) is 2. The molecular formula is C13H16FN3. The van der Waals surface area contributed by atoms with Gasteiger partial charge in [0.05, 0.1) is 5.69 Å². The molecule has 17 heavy (non-hydrogen) atoms. The molecule has 0 bridgehead atoms. The highest BCUT2D eigenvalue weighted by Gasteiger charge is 2.13. The van der Waals surface area contributed by atoms with Gasteiger partial charge in [-0.05, 0) is 37.9 Å². The third kappa shape index (κ3) is 2.95. The molecule has 1 fully saturated rings. The van der Waals surface area contributed by atoms with E-state index in [2.05, 4.69) is 10.6 Å². The fourth-order valence-electron chi connectivity index (χ4n) is 2.17. The topological polar surface area (TPSA) is 47.9 Å². The molecule has 1 aliphatic heterocycles. The van der Waals surface area contributed by atoms with E-state index in [9.17, 15) is 4.39 Å². The van der Waals surface area contributed by atoms with Gasteiger partial charge in [0.1, 0.15) is 17.4 Å². The van der Waals surface area contributed by atoms with Gasteiger partial charge in [0, 0.05) is 12.6 Å². The molecule has 0 saturated carbocycles. The Labute approximate surface area is 101 Å². The minimum atomic E-state index is -0.462. The first kappa shape index (κ1) is 11.9. The summed E-state index contributed by atoms with van der Waals surface area (Å²) in [6, 6.07) is 7.11. The van der Waals surface area contributed by atoms with Crippen molar-refractivity contribution in [3.05, 3.63) is 29.6 Å². The Morgan fingerprint density at radius 3 is 3.12 bits per heavy atom. The summed E-state index contributed by atoms with van der Waals surface area (Å²) in [6.07, 6.45) is 3.44. The van der Waals surface area contributed by atoms with Crippen LogP contribution in [0.25, 0.3) is 0 Å². The van der Waals surface area contributed by atoms with Crippen LogP contribution in [0.2, 0.25) is 0 Å². The molecule has 0 aromatic heterocycles. The van der Waals surface area contributed by atoms with E-state index >= 15 is 0 Å². The molecule has 2 N–H and O–H groups in total. The van der Waals surface area contributed by atoms with Gasteiger partial charge in [-0.2, -0.15) is 5.26 Å². The molecule has 1 heterocycles. The average Bonchev–Trinajstić information content (AvgIpc) is 2.82. The van der Waals surface area contributed by atoms with E-state index in [1.807, 2.05) is 6.07 Å².